The average Bonchev–Trinajstić information content (AvgIpc) is 2.14. The molecule has 0 aliphatic carbocycles. The smallest absolute Gasteiger partial charge is 0.153 e. The van der Waals surface area contributed by atoms with Gasteiger partial charge in [0.1, 0.15) is 5.71 Å². The zero-order valence-corrected chi connectivity index (χ0v) is 10.4. The summed E-state index contributed by atoms with van der Waals surface area (Å²) in [5, 5.41) is 11.7. The third-order valence-electron chi connectivity index (χ3n) is 1.70. The van der Waals surface area contributed by atoms with E-state index in [4.69, 9.17) is 5.21 Å². The molecule has 0 aromatic heterocycles. The summed E-state index contributed by atoms with van der Waals surface area (Å²) >= 11 is 3.26. The maximum absolute atomic E-state index is 11.0. The molecule has 4 nitrogen and oxygen atoms in total. The molecule has 0 aliphatic heterocycles. The van der Waals surface area contributed by atoms with Gasteiger partial charge in [-0.1, -0.05) is 33.2 Å². The SMILES string of the molecule is CS(=O)(=O)C/C(=N\O)c1ccc(Br)cc1. The van der Waals surface area contributed by atoms with Crippen molar-refractivity contribution in [1.29, 1.82) is 0 Å². The van der Waals surface area contributed by atoms with Crippen molar-refractivity contribution in [2.24, 2.45) is 5.16 Å². The minimum absolute atomic E-state index is 0.144. The van der Waals surface area contributed by atoms with Crippen LogP contribution in [-0.4, -0.2) is 31.3 Å². The van der Waals surface area contributed by atoms with E-state index in [-0.39, 0.29) is 11.5 Å². The zero-order valence-electron chi connectivity index (χ0n) is 8.01. The van der Waals surface area contributed by atoms with Crippen molar-refractivity contribution in [1.82, 2.24) is 0 Å². The number of halogens is 1. The first-order chi connectivity index (χ1) is 6.92. The Bertz CT molecular complexity index is 465. The molecule has 0 heterocycles. The zero-order chi connectivity index (χ0) is 11.5. The monoisotopic (exact) mass is 291 g/mol. The summed E-state index contributed by atoms with van der Waals surface area (Å²) in [6.07, 6.45) is 1.09. The fraction of sp³-hybridized carbons (Fsp3) is 0.222. The summed E-state index contributed by atoms with van der Waals surface area (Å²) in [4.78, 5) is 0. The summed E-state index contributed by atoms with van der Waals surface area (Å²) in [6, 6.07) is 6.88. The molecule has 1 N–H and O–H groups in total. The van der Waals surface area contributed by atoms with Gasteiger partial charge in [-0.25, -0.2) is 8.42 Å². The quantitative estimate of drug-likeness (QED) is 0.523. The number of nitrogens with zero attached hydrogens (tertiary/aromatic N) is 1. The Morgan fingerprint density at radius 3 is 2.33 bits per heavy atom. The predicted molar refractivity (Wildman–Crippen MR) is 62.2 cm³/mol. The Kier molecular flexibility index (Phi) is 3.87. The first-order valence-electron chi connectivity index (χ1n) is 4.07. The highest BCUT2D eigenvalue weighted by molar-refractivity contribution is 9.10. The standard InChI is InChI=1S/C9H10BrNO3S/c1-15(13,14)6-9(11-12)7-2-4-8(10)5-3-7/h2-5,12H,6H2,1H3/b11-9+. The van der Waals surface area contributed by atoms with E-state index in [2.05, 4.69) is 21.1 Å². The highest BCUT2D eigenvalue weighted by atomic mass is 79.9. The van der Waals surface area contributed by atoms with Crippen LogP contribution in [0.3, 0.4) is 0 Å². The van der Waals surface area contributed by atoms with E-state index in [1.807, 2.05) is 0 Å². The fourth-order valence-electron chi connectivity index (χ4n) is 1.06. The van der Waals surface area contributed by atoms with E-state index in [9.17, 15) is 8.42 Å². The Morgan fingerprint density at radius 1 is 1.40 bits per heavy atom. The Morgan fingerprint density at radius 2 is 1.93 bits per heavy atom. The van der Waals surface area contributed by atoms with Crippen LogP contribution < -0.4 is 0 Å². The fourth-order valence-corrected chi connectivity index (χ4v) is 2.05. The van der Waals surface area contributed by atoms with Crippen LogP contribution >= 0.6 is 15.9 Å². The van der Waals surface area contributed by atoms with Gasteiger partial charge in [-0.2, -0.15) is 0 Å². The van der Waals surface area contributed by atoms with Crippen molar-refractivity contribution < 1.29 is 13.6 Å². The van der Waals surface area contributed by atoms with Gasteiger partial charge in [0, 0.05) is 16.3 Å². The van der Waals surface area contributed by atoms with Gasteiger partial charge in [-0.15, -0.1) is 0 Å². The number of oxime groups is 1. The predicted octanol–water partition coefficient (Wildman–Crippen LogP) is 1.67. The highest BCUT2D eigenvalue weighted by Crippen LogP contribution is 2.11. The molecule has 0 spiro atoms. The van der Waals surface area contributed by atoms with E-state index in [1.165, 1.54) is 0 Å². The molecule has 82 valence electrons. The van der Waals surface area contributed by atoms with E-state index in [0.717, 1.165) is 10.7 Å². The van der Waals surface area contributed by atoms with Crippen molar-refractivity contribution in [3.63, 3.8) is 0 Å². The molecular formula is C9H10BrNO3S. The van der Waals surface area contributed by atoms with Gasteiger partial charge >= 0.3 is 0 Å². The Labute approximate surface area is 96.7 Å². The highest BCUT2D eigenvalue weighted by Gasteiger charge is 2.11. The van der Waals surface area contributed by atoms with Gasteiger partial charge in [0.2, 0.25) is 0 Å². The van der Waals surface area contributed by atoms with E-state index < -0.39 is 9.84 Å². The van der Waals surface area contributed by atoms with Crippen LogP contribution in [0, 0.1) is 0 Å². The molecule has 6 heteroatoms. The summed E-state index contributed by atoms with van der Waals surface area (Å²) in [5.41, 5.74) is 0.733. The molecule has 0 saturated heterocycles. The number of sulfone groups is 1. The lowest BCUT2D eigenvalue weighted by molar-refractivity contribution is 0.319. The number of hydrogen-bond acceptors (Lipinski definition) is 4. The van der Waals surface area contributed by atoms with Gasteiger partial charge < -0.3 is 5.21 Å². The summed E-state index contributed by atoms with van der Waals surface area (Å²) in [6.45, 7) is 0. The van der Waals surface area contributed by atoms with Crippen molar-refractivity contribution in [3.05, 3.63) is 34.3 Å². The van der Waals surface area contributed by atoms with Gasteiger partial charge in [0.25, 0.3) is 0 Å². The molecule has 1 rings (SSSR count). The lowest BCUT2D eigenvalue weighted by Gasteiger charge is -2.03. The van der Waals surface area contributed by atoms with Crippen LogP contribution in [0.2, 0.25) is 0 Å². The first-order valence-corrected chi connectivity index (χ1v) is 6.92. The van der Waals surface area contributed by atoms with E-state index >= 15 is 0 Å². The molecule has 0 radical (unpaired) electrons. The molecule has 0 bridgehead atoms. The number of hydrogen-bond donors (Lipinski definition) is 1. The largest absolute Gasteiger partial charge is 0.411 e. The van der Waals surface area contributed by atoms with Crippen LogP contribution in [0.5, 0.6) is 0 Å². The topological polar surface area (TPSA) is 66.7 Å². The Balaban J connectivity index is 3.00. The number of benzene rings is 1. The second-order valence-corrected chi connectivity index (χ2v) is 6.18. The Hall–Kier alpha value is -0.880. The minimum atomic E-state index is -3.20. The summed E-state index contributed by atoms with van der Waals surface area (Å²) < 4.78 is 23.0. The van der Waals surface area contributed by atoms with E-state index in [0.29, 0.717) is 5.56 Å². The minimum Gasteiger partial charge on any atom is -0.411 e. The average molecular weight is 292 g/mol. The van der Waals surface area contributed by atoms with Crippen LogP contribution in [0.15, 0.2) is 33.9 Å². The second kappa shape index (κ2) is 4.76. The third-order valence-corrected chi connectivity index (χ3v) is 3.02. The van der Waals surface area contributed by atoms with Crippen LogP contribution in [-0.2, 0) is 9.84 Å². The lowest BCUT2D eigenvalue weighted by atomic mass is 10.1. The molecule has 0 aliphatic rings. The molecule has 0 saturated carbocycles. The molecular weight excluding hydrogens is 282 g/mol. The van der Waals surface area contributed by atoms with Gasteiger partial charge in [0.05, 0.1) is 5.75 Å². The van der Waals surface area contributed by atoms with Crippen molar-refractivity contribution in [2.75, 3.05) is 12.0 Å². The maximum atomic E-state index is 11.0. The van der Waals surface area contributed by atoms with Crippen molar-refractivity contribution in [2.45, 2.75) is 0 Å². The van der Waals surface area contributed by atoms with E-state index in [1.54, 1.807) is 24.3 Å². The summed E-state index contributed by atoms with van der Waals surface area (Å²) in [7, 11) is -3.20. The molecule has 0 unspecified atom stereocenters. The molecule has 15 heavy (non-hydrogen) atoms. The van der Waals surface area contributed by atoms with Gasteiger partial charge in [-0.3, -0.25) is 0 Å². The maximum Gasteiger partial charge on any atom is 0.153 e. The van der Waals surface area contributed by atoms with Crippen LogP contribution in [0.1, 0.15) is 5.56 Å². The van der Waals surface area contributed by atoms with Crippen molar-refractivity contribution in [3.8, 4) is 0 Å². The number of rotatable bonds is 3. The molecule has 1 aromatic rings. The molecule has 0 fully saturated rings. The molecule has 0 atom stereocenters. The van der Waals surface area contributed by atoms with Crippen LogP contribution in [0.25, 0.3) is 0 Å². The van der Waals surface area contributed by atoms with Crippen molar-refractivity contribution >= 4 is 31.5 Å². The first kappa shape index (κ1) is 12.2. The summed E-state index contributed by atoms with van der Waals surface area (Å²) in [5.74, 6) is -0.273. The second-order valence-electron chi connectivity index (χ2n) is 3.12. The lowest BCUT2D eigenvalue weighted by Crippen LogP contribution is -2.15. The van der Waals surface area contributed by atoms with Crippen LogP contribution in [0.4, 0.5) is 0 Å². The normalized spacial score (nSPS) is 12.8. The molecule has 0 amide bonds. The van der Waals surface area contributed by atoms with Gasteiger partial charge in [0.15, 0.2) is 9.84 Å². The molecule has 1 aromatic carbocycles. The third kappa shape index (κ3) is 4.01. The van der Waals surface area contributed by atoms with Gasteiger partial charge in [-0.05, 0) is 12.1 Å².